The number of fused-ring (bicyclic) bond motifs is 1. The van der Waals surface area contributed by atoms with Crippen molar-refractivity contribution < 1.29 is 50.1 Å². The zero-order valence-electron chi connectivity index (χ0n) is 26.1. The molecule has 3 aromatic rings. The molecule has 18 heteroatoms. The largest absolute Gasteiger partial charge is 0.477 e. The number of halogens is 6. The Morgan fingerprint density at radius 3 is 2.34 bits per heavy atom. The van der Waals surface area contributed by atoms with E-state index in [0.29, 0.717) is 48.9 Å². The van der Waals surface area contributed by atoms with Crippen molar-refractivity contribution in [3.63, 3.8) is 0 Å². The van der Waals surface area contributed by atoms with Gasteiger partial charge in [0.1, 0.15) is 6.04 Å². The van der Waals surface area contributed by atoms with Gasteiger partial charge in [0.15, 0.2) is 17.6 Å². The number of aromatic nitrogens is 5. The van der Waals surface area contributed by atoms with Gasteiger partial charge in [-0.2, -0.15) is 18.3 Å². The van der Waals surface area contributed by atoms with Crippen LogP contribution in [0.5, 0.6) is 5.88 Å². The number of alkyl halides is 6. The van der Waals surface area contributed by atoms with Gasteiger partial charge < -0.3 is 15.4 Å². The fourth-order valence-electron chi connectivity index (χ4n) is 4.59. The molecule has 3 fully saturated rings. The predicted octanol–water partition coefficient (Wildman–Crippen LogP) is 4.96. The van der Waals surface area contributed by atoms with Crippen molar-refractivity contribution in [1.82, 2.24) is 35.5 Å². The van der Waals surface area contributed by atoms with Crippen molar-refractivity contribution in [2.24, 2.45) is 5.92 Å². The number of amides is 2. The molecule has 2 N–H and O–H groups in total. The summed E-state index contributed by atoms with van der Waals surface area (Å²) in [6.45, 7) is 4.05. The molecule has 0 bridgehead atoms. The van der Waals surface area contributed by atoms with Gasteiger partial charge in [-0.3, -0.25) is 14.4 Å². The number of nitrogens with one attached hydrogen (secondary N) is 2. The van der Waals surface area contributed by atoms with Gasteiger partial charge >= 0.3 is 6.18 Å². The van der Waals surface area contributed by atoms with E-state index in [1.807, 2.05) is 19.2 Å². The monoisotopic (exact) mass is 677 g/mol. The maximum Gasteiger partial charge on any atom is 0.408 e. The molecular weight excluding hydrogens is 640 g/mol. The van der Waals surface area contributed by atoms with Gasteiger partial charge in [0.2, 0.25) is 17.5 Å². The minimum absolute atomic E-state index is 0.0475. The number of ether oxygens (including phenoxy) is 1. The summed E-state index contributed by atoms with van der Waals surface area (Å²) in [5.74, 6) is -4.38. The first kappa shape index (κ1) is 37.2. The quantitative estimate of drug-likeness (QED) is 0.261. The molecule has 2 atom stereocenters. The Morgan fingerprint density at radius 1 is 1.15 bits per heavy atom. The summed E-state index contributed by atoms with van der Waals surface area (Å²) in [6, 6.07) is -0.196. The molecule has 1 saturated heterocycles. The number of imidazole rings is 1. The Bertz CT molecular complexity index is 1480. The number of aldehydes is 1. The normalized spacial score (nSPS) is 20.7. The van der Waals surface area contributed by atoms with Crippen LogP contribution in [0.4, 0.5) is 26.3 Å². The lowest BCUT2D eigenvalue weighted by molar-refractivity contribution is -0.154. The third-order valence-electron chi connectivity index (χ3n) is 7.33. The average molecular weight is 678 g/mol. The van der Waals surface area contributed by atoms with Crippen molar-refractivity contribution in [1.29, 1.82) is 0 Å². The predicted molar refractivity (Wildman–Crippen MR) is 153 cm³/mol. The summed E-state index contributed by atoms with van der Waals surface area (Å²) in [5.41, 5.74) is -0.0221. The van der Waals surface area contributed by atoms with Gasteiger partial charge in [-0.1, -0.05) is 20.3 Å². The minimum Gasteiger partial charge on any atom is -0.477 e. The van der Waals surface area contributed by atoms with Crippen LogP contribution in [0.1, 0.15) is 87.0 Å². The molecule has 0 radical (unpaired) electrons. The van der Waals surface area contributed by atoms with Crippen LogP contribution in [-0.2, 0) is 22.6 Å². The zero-order chi connectivity index (χ0) is 34.8. The summed E-state index contributed by atoms with van der Waals surface area (Å²) in [4.78, 5) is 37.9. The molecule has 2 unspecified atom stereocenters. The molecule has 1 aliphatic heterocycles. The second-order valence-corrected chi connectivity index (χ2v) is 11.0. The Hall–Kier alpha value is -4.25. The van der Waals surface area contributed by atoms with Gasteiger partial charge in [-0.05, 0) is 60.5 Å². The topological polar surface area (TPSA) is 154 Å². The fraction of sp³-hybridized carbons (Fsp3) is 0.621. The lowest BCUT2D eigenvalue weighted by Gasteiger charge is -2.20. The first-order valence-corrected chi connectivity index (χ1v) is 15.1. The maximum absolute atomic E-state index is 12.8. The van der Waals surface area contributed by atoms with E-state index in [2.05, 4.69) is 30.3 Å². The van der Waals surface area contributed by atoms with E-state index in [1.165, 1.54) is 17.8 Å². The third kappa shape index (κ3) is 10.9. The van der Waals surface area contributed by atoms with Crippen LogP contribution >= 0.6 is 0 Å². The molecule has 2 aliphatic carbocycles. The molecule has 260 valence electrons. The van der Waals surface area contributed by atoms with Gasteiger partial charge in [-0.25, -0.2) is 27.3 Å². The number of rotatable bonds is 7. The van der Waals surface area contributed by atoms with Crippen LogP contribution < -0.4 is 15.4 Å². The van der Waals surface area contributed by atoms with Gasteiger partial charge in [-0.15, -0.1) is 0 Å². The highest BCUT2D eigenvalue weighted by Crippen LogP contribution is 2.37. The van der Waals surface area contributed by atoms with Gasteiger partial charge in [0.25, 0.3) is 11.8 Å². The molecule has 3 aliphatic rings. The Labute approximate surface area is 266 Å². The molecule has 2 saturated carbocycles. The average Bonchev–Trinajstić information content (AvgIpc) is 3.37. The van der Waals surface area contributed by atoms with Crippen LogP contribution in [0.15, 0.2) is 23.1 Å². The van der Waals surface area contributed by atoms with Crippen LogP contribution in [0.2, 0.25) is 0 Å². The molecule has 0 aromatic carbocycles. The zero-order valence-corrected chi connectivity index (χ0v) is 26.1. The number of nitrogens with zero attached hydrogens (tertiary/aromatic N) is 5. The maximum atomic E-state index is 12.8. The molecule has 12 nitrogen and oxygen atoms in total. The van der Waals surface area contributed by atoms with Crippen molar-refractivity contribution in [3.05, 3.63) is 35.4 Å². The second kappa shape index (κ2) is 16.0. The fourth-order valence-corrected chi connectivity index (χ4v) is 4.59. The lowest BCUT2D eigenvalue weighted by Crippen LogP contribution is -2.38. The lowest BCUT2D eigenvalue weighted by atomic mass is 9.97. The highest BCUT2D eigenvalue weighted by Gasteiger charge is 2.47. The van der Waals surface area contributed by atoms with Crippen molar-refractivity contribution in [2.45, 2.75) is 102 Å². The Kier molecular flexibility index (Phi) is 12.7. The number of hydrogen-bond donors (Lipinski definition) is 2. The molecule has 0 spiro atoms. The number of hydrogen-bond acceptors (Lipinski definition) is 9. The molecule has 6 rings (SSSR count). The summed E-state index contributed by atoms with van der Waals surface area (Å²) >= 11 is 0. The minimum atomic E-state index is -4.47. The van der Waals surface area contributed by atoms with Gasteiger partial charge in [0.05, 0.1) is 31.7 Å². The van der Waals surface area contributed by atoms with Crippen molar-refractivity contribution >= 4 is 23.7 Å². The smallest absolute Gasteiger partial charge is 0.408 e. The molecule has 4 heterocycles. The van der Waals surface area contributed by atoms with Crippen LogP contribution in [0.25, 0.3) is 5.65 Å². The van der Waals surface area contributed by atoms with E-state index in [4.69, 9.17) is 4.74 Å². The first-order chi connectivity index (χ1) is 22.2. The number of methoxy groups -OCH3 is 1. The van der Waals surface area contributed by atoms with Gasteiger partial charge in [0, 0.05) is 18.8 Å². The third-order valence-corrected chi connectivity index (χ3v) is 7.33. The number of carbonyl (C=O) groups is 3. The second-order valence-electron chi connectivity index (χ2n) is 11.0. The molecule has 2 amide bonds. The highest BCUT2D eigenvalue weighted by molar-refractivity contribution is 5.94. The summed E-state index contributed by atoms with van der Waals surface area (Å²) in [6.07, 6.45) is 2.30. The highest BCUT2D eigenvalue weighted by atomic mass is 19.4. The first-order valence-electron chi connectivity index (χ1n) is 15.1. The standard InChI is InChI=1S/C17H16F3N7O4.C6H10F2.C4H5FO.C2H6/c1-30-16-13(25-31-26-16)15(29)21-6-10-7-27-12(23-10)3-8(5-22-27)2-9-4-11(17(18,19)20)24-14(9)28;7-6(8)4-2-1-3-5-6;5-4(3-6)1-2-4;1-2/h3,5,7,9,11H,2,4,6H2,1H3,(H,21,29)(H,24,28);1-5H2;3H,1-2H2;1-2H3. The SMILES string of the molecule is CC.COc1nonc1C(=O)NCc1cn2ncc(CC3CC(C(F)(F)F)NC3=O)cc2n1.FC1(F)CCCCC1.O=CC1(F)CC1. The van der Waals surface area contributed by atoms with E-state index < -0.39 is 41.5 Å². The van der Waals surface area contributed by atoms with Crippen LogP contribution in [0, 0.1) is 5.92 Å². The van der Waals surface area contributed by atoms with E-state index >= 15 is 0 Å². The van der Waals surface area contributed by atoms with Crippen LogP contribution in [-0.4, -0.2) is 73.9 Å². The van der Waals surface area contributed by atoms with Crippen molar-refractivity contribution in [2.75, 3.05) is 7.11 Å². The summed E-state index contributed by atoms with van der Waals surface area (Å²) in [7, 11) is 1.32. The van der Waals surface area contributed by atoms with E-state index in [0.717, 1.165) is 6.42 Å². The number of carbonyl (C=O) groups excluding carboxylic acids is 3. The molecule has 47 heavy (non-hydrogen) atoms. The summed E-state index contributed by atoms with van der Waals surface area (Å²) in [5, 5.41) is 15.6. The van der Waals surface area contributed by atoms with E-state index in [-0.39, 0.29) is 43.8 Å². The van der Waals surface area contributed by atoms with E-state index in [9.17, 15) is 40.7 Å². The molecule has 3 aromatic heterocycles. The van der Waals surface area contributed by atoms with Crippen molar-refractivity contribution in [3.8, 4) is 5.88 Å². The van der Waals surface area contributed by atoms with Crippen LogP contribution in [0.3, 0.4) is 0 Å². The Morgan fingerprint density at radius 2 is 1.83 bits per heavy atom. The summed E-state index contributed by atoms with van der Waals surface area (Å²) < 4.78 is 85.5. The van der Waals surface area contributed by atoms with E-state index in [1.54, 1.807) is 12.3 Å². The Balaban J connectivity index is 0.000000306. The molecular formula is C29H37F6N7O5.